The number of fused-ring (bicyclic) bond motifs is 1. The summed E-state index contributed by atoms with van der Waals surface area (Å²) in [7, 11) is 1.91. The molecule has 5 rings (SSSR count). The van der Waals surface area contributed by atoms with Crippen LogP contribution in [0.4, 0.5) is 6.01 Å². The first-order chi connectivity index (χ1) is 14.7. The molecule has 0 N–H and O–H groups in total. The Kier molecular flexibility index (Phi) is 4.65. The number of nitrogens with zero attached hydrogens (tertiary/aromatic N) is 6. The molecule has 148 valence electrons. The predicted molar refractivity (Wildman–Crippen MR) is 115 cm³/mol. The third kappa shape index (κ3) is 3.51. The van der Waals surface area contributed by atoms with Crippen molar-refractivity contribution in [3.63, 3.8) is 0 Å². The van der Waals surface area contributed by atoms with Crippen LogP contribution in [0.5, 0.6) is 0 Å². The first-order valence-corrected chi connectivity index (χ1v) is 9.73. The molecule has 8 heteroatoms. The molecule has 4 aromatic heterocycles. The van der Waals surface area contributed by atoms with E-state index in [1.165, 1.54) is 0 Å². The van der Waals surface area contributed by atoms with E-state index in [2.05, 4.69) is 20.2 Å². The zero-order valence-corrected chi connectivity index (χ0v) is 16.9. The molecule has 0 aliphatic carbocycles. The van der Waals surface area contributed by atoms with Crippen LogP contribution in [-0.4, -0.2) is 31.6 Å². The quantitative estimate of drug-likeness (QED) is 0.412. The molecule has 0 saturated carbocycles. The third-order valence-electron chi connectivity index (χ3n) is 4.77. The molecule has 0 atom stereocenters. The van der Waals surface area contributed by atoms with Crippen LogP contribution >= 0.6 is 11.6 Å². The fraction of sp³-hybridized carbons (Fsp3) is 0.0909. The predicted octanol–water partition coefficient (Wildman–Crippen LogP) is 4.74. The highest BCUT2D eigenvalue weighted by Gasteiger charge is 2.14. The zero-order chi connectivity index (χ0) is 20.5. The molecule has 0 unspecified atom stereocenters. The van der Waals surface area contributed by atoms with Gasteiger partial charge in [0.1, 0.15) is 5.65 Å². The van der Waals surface area contributed by atoms with E-state index >= 15 is 0 Å². The number of hydrogen-bond donors (Lipinski definition) is 0. The van der Waals surface area contributed by atoms with Crippen molar-refractivity contribution < 1.29 is 4.42 Å². The number of aromatic nitrogens is 5. The molecular formula is C22H17ClN6O. The summed E-state index contributed by atoms with van der Waals surface area (Å²) >= 11 is 6.25. The number of pyridine rings is 2. The smallest absolute Gasteiger partial charge is 0.318 e. The van der Waals surface area contributed by atoms with E-state index in [1.54, 1.807) is 12.4 Å². The number of imidazole rings is 1. The van der Waals surface area contributed by atoms with Gasteiger partial charge in [-0.05, 0) is 29.8 Å². The molecule has 5 aromatic rings. The Morgan fingerprint density at radius 3 is 2.77 bits per heavy atom. The first kappa shape index (κ1) is 18.3. The number of rotatable bonds is 5. The lowest BCUT2D eigenvalue weighted by Crippen LogP contribution is -2.17. The Morgan fingerprint density at radius 1 is 1.03 bits per heavy atom. The van der Waals surface area contributed by atoms with Gasteiger partial charge >= 0.3 is 6.01 Å². The SMILES string of the molecule is CN(Cc1ccc2nccn2c1)c1nnc(-c2ccc(-c3ccccc3Cl)nc2)o1. The van der Waals surface area contributed by atoms with E-state index in [1.807, 2.05) is 77.3 Å². The van der Waals surface area contributed by atoms with Crippen molar-refractivity contribution >= 4 is 23.3 Å². The third-order valence-corrected chi connectivity index (χ3v) is 5.10. The molecule has 0 aliphatic rings. The number of hydrogen-bond acceptors (Lipinski definition) is 6. The van der Waals surface area contributed by atoms with Crippen molar-refractivity contribution in [3.8, 4) is 22.7 Å². The normalized spacial score (nSPS) is 11.1. The van der Waals surface area contributed by atoms with E-state index in [-0.39, 0.29) is 0 Å². The Hall–Kier alpha value is -3.71. The van der Waals surface area contributed by atoms with Crippen molar-refractivity contribution in [2.24, 2.45) is 0 Å². The fourth-order valence-electron chi connectivity index (χ4n) is 3.24. The van der Waals surface area contributed by atoms with Crippen LogP contribution in [0.2, 0.25) is 5.02 Å². The summed E-state index contributed by atoms with van der Waals surface area (Å²) in [5.74, 6) is 0.417. The molecule has 0 fully saturated rings. The highest BCUT2D eigenvalue weighted by Crippen LogP contribution is 2.28. The van der Waals surface area contributed by atoms with Gasteiger partial charge in [0.15, 0.2) is 0 Å². The Balaban J connectivity index is 1.33. The average Bonchev–Trinajstić information content (AvgIpc) is 3.44. The van der Waals surface area contributed by atoms with Gasteiger partial charge in [0.05, 0.1) is 11.3 Å². The average molecular weight is 417 g/mol. The molecule has 1 aromatic carbocycles. The molecule has 4 heterocycles. The van der Waals surface area contributed by atoms with Gasteiger partial charge < -0.3 is 13.7 Å². The topological polar surface area (TPSA) is 72.4 Å². The van der Waals surface area contributed by atoms with Gasteiger partial charge in [-0.15, -0.1) is 5.10 Å². The maximum Gasteiger partial charge on any atom is 0.318 e. The lowest BCUT2D eigenvalue weighted by atomic mass is 10.1. The van der Waals surface area contributed by atoms with Crippen LogP contribution in [-0.2, 0) is 6.54 Å². The first-order valence-electron chi connectivity index (χ1n) is 9.35. The molecule has 30 heavy (non-hydrogen) atoms. The van der Waals surface area contributed by atoms with Gasteiger partial charge in [0, 0.05) is 49.0 Å². The van der Waals surface area contributed by atoms with Gasteiger partial charge in [-0.3, -0.25) is 4.98 Å². The van der Waals surface area contributed by atoms with Crippen molar-refractivity contribution in [1.82, 2.24) is 24.6 Å². The molecule has 0 spiro atoms. The largest absolute Gasteiger partial charge is 0.403 e. The van der Waals surface area contributed by atoms with Crippen LogP contribution in [0.25, 0.3) is 28.4 Å². The van der Waals surface area contributed by atoms with Crippen molar-refractivity contribution in [2.75, 3.05) is 11.9 Å². The summed E-state index contributed by atoms with van der Waals surface area (Å²) in [6, 6.07) is 15.8. The minimum atomic E-state index is 0.417. The second-order valence-electron chi connectivity index (χ2n) is 6.89. The molecule has 0 amide bonds. The summed E-state index contributed by atoms with van der Waals surface area (Å²) in [5.41, 5.74) is 4.43. The minimum absolute atomic E-state index is 0.417. The van der Waals surface area contributed by atoms with E-state index in [0.29, 0.717) is 23.5 Å². The molecule has 0 radical (unpaired) electrons. The van der Waals surface area contributed by atoms with E-state index in [9.17, 15) is 0 Å². The standard InChI is InChI=1S/C22H17ClN6O/c1-28(13-15-6-9-20-24-10-11-29(20)14-15)22-27-26-21(30-22)16-7-8-19(25-12-16)17-4-2-3-5-18(17)23/h2-12,14H,13H2,1H3. The second kappa shape index (κ2) is 7.61. The summed E-state index contributed by atoms with van der Waals surface area (Å²) in [6.07, 6.45) is 7.44. The van der Waals surface area contributed by atoms with Gasteiger partial charge in [-0.2, -0.15) is 0 Å². The fourth-order valence-corrected chi connectivity index (χ4v) is 3.47. The molecule has 0 bridgehead atoms. The van der Waals surface area contributed by atoms with Crippen molar-refractivity contribution in [1.29, 1.82) is 0 Å². The van der Waals surface area contributed by atoms with Gasteiger partial charge in [-0.25, -0.2) is 4.98 Å². The van der Waals surface area contributed by atoms with Gasteiger partial charge in [0.2, 0.25) is 0 Å². The van der Waals surface area contributed by atoms with Crippen LogP contribution in [0.1, 0.15) is 5.56 Å². The van der Waals surface area contributed by atoms with Gasteiger partial charge in [0.25, 0.3) is 5.89 Å². The summed E-state index contributed by atoms with van der Waals surface area (Å²) in [4.78, 5) is 10.7. The molecular weight excluding hydrogens is 400 g/mol. The lowest BCUT2D eigenvalue weighted by molar-refractivity contribution is 0.554. The van der Waals surface area contributed by atoms with Crippen LogP contribution in [0.3, 0.4) is 0 Å². The Morgan fingerprint density at radius 2 is 1.93 bits per heavy atom. The maximum absolute atomic E-state index is 6.25. The second-order valence-corrected chi connectivity index (χ2v) is 7.30. The minimum Gasteiger partial charge on any atom is -0.403 e. The van der Waals surface area contributed by atoms with Crippen molar-refractivity contribution in [3.05, 3.63) is 83.9 Å². The van der Waals surface area contributed by atoms with E-state index in [4.69, 9.17) is 16.0 Å². The molecule has 0 aliphatic heterocycles. The highest BCUT2D eigenvalue weighted by molar-refractivity contribution is 6.33. The monoisotopic (exact) mass is 416 g/mol. The van der Waals surface area contributed by atoms with Crippen LogP contribution in [0.15, 0.2) is 77.7 Å². The number of anilines is 1. The Bertz CT molecular complexity index is 1310. The zero-order valence-electron chi connectivity index (χ0n) is 16.1. The van der Waals surface area contributed by atoms with Crippen LogP contribution < -0.4 is 4.90 Å². The summed E-state index contributed by atoms with van der Waals surface area (Å²) < 4.78 is 7.84. The molecule has 0 saturated heterocycles. The lowest BCUT2D eigenvalue weighted by Gasteiger charge is -2.13. The number of benzene rings is 1. The van der Waals surface area contributed by atoms with Crippen molar-refractivity contribution in [2.45, 2.75) is 6.54 Å². The molecule has 7 nitrogen and oxygen atoms in total. The van der Waals surface area contributed by atoms with Gasteiger partial charge in [-0.1, -0.05) is 41.0 Å². The number of halogens is 1. The highest BCUT2D eigenvalue weighted by atomic mass is 35.5. The van der Waals surface area contributed by atoms with Crippen LogP contribution in [0, 0.1) is 0 Å². The summed E-state index contributed by atoms with van der Waals surface area (Å²) in [6.45, 7) is 0.624. The Labute approximate surface area is 177 Å². The van der Waals surface area contributed by atoms with E-state index in [0.717, 1.165) is 28.0 Å². The summed E-state index contributed by atoms with van der Waals surface area (Å²) in [5, 5.41) is 9.01. The van der Waals surface area contributed by atoms with E-state index < -0.39 is 0 Å². The maximum atomic E-state index is 6.25.